The van der Waals surface area contributed by atoms with E-state index in [2.05, 4.69) is 6.07 Å². The first-order valence-corrected chi connectivity index (χ1v) is 5.01. The van der Waals surface area contributed by atoms with Gasteiger partial charge in [-0.3, -0.25) is 0 Å². The lowest BCUT2D eigenvalue weighted by atomic mass is 9.96. The number of halogens is 1. The summed E-state index contributed by atoms with van der Waals surface area (Å²) >= 11 is 0. The summed E-state index contributed by atoms with van der Waals surface area (Å²) in [6.07, 6.45) is 1.41. The van der Waals surface area contributed by atoms with Gasteiger partial charge in [-0.05, 0) is 18.9 Å². The van der Waals surface area contributed by atoms with E-state index < -0.39 is 11.2 Å². The highest BCUT2D eigenvalue weighted by Crippen LogP contribution is 2.50. The molecule has 0 unspecified atom stereocenters. The highest BCUT2D eigenvalue weighted by atomic mass is 19.1. The van der Waals surface area contributed by atoms with Crippen molar-refractivity contribution < 1.29 is 13.9 Å². The summed E-state index contributed by atoms with van der Waals surface area (Å²) in [5, 5.41) is 9.04. The zero-order valence-corrected chi connectivity index (χ0v) is 9.21. The van der Waals surface area contributed by atoms with E-state index in [1.807, 2.05) is 0 Å². The molecule has 0 radical (unpaired) electrons. The van der Waals surface area contributed by atoms with Gasteiger partial charge in [0.05, 0.1) is 25.7 Å². The third kappa shape index (κ3) is 1.40. The molecule has 0 spiro atoms. The molecule has 0 atom stereocenters. The predicted octanol–water partition coefficient (Wildman–Crippen LogP) is 2.40. The van der Waals surface area contributed by atoms with Crippen LogP contribution in [0.2, 0.25) is 0 Å². The van der Waals surface area contributed by atoms with Crippen LogP contribution >= 0.6 is 0 Å². The normalized spacial score (nSPS) is 16.4. The van der Waals surface area contributed by atoms with Crippen molar-refractivity contribution in [3.05, 3.63) is 23.5 Å². The molecule has 3 nitrogen and oxygen atoms in total. The predicted molar refractivity (Wildman–Crippen MR) is 56.0 cm³/mol. The van der Waals surface area contributed by atoms with Gasteiger partial charge in [0.1, 0.15) is 0 Å². The van der Waals surface area contributed by atoms with Crippen LogP contribution in [0.25, 0.3) is 0 Å². The molecule has 0 amide bonds. The molecule has 0 bridgehead atoms. The number of rotatable bonds is 3. The lowest BCUT2D eigenvalue weighted by molar-refractivity contribution is 0.335. The van der Waals surface area contributed by atoms with Crippen LogP contribution in [0.5, 0.6) is 11.5 Å². The first-order valence-electron chi connectivity index (χ1n) is 5.01. The zero-order valence-electron chi connectivity index (χ0n) is 9.21. The quantitative estimate of drug-likeness (QED) is 0.787. The molecule has 0 aliphatic heterocycles. The summed E-state index contributed by atoms with van der Waals surface area (Å²) in [7, 11) is 2.84. The summed E-state index contributed by atoms with van der Waals surface area (Å²) in [6.45, 7) is 0. The lowest BCUT2D eigenvalue weighted by Gasteiger charge is -2.13. The van der Waals surface area contributed by atoms with E-state index >= 15 is 0 Å². The molecule has 0 N–H and O–H groups in total. The van der Waals surface area contributed by atoms with Crippen LogP contribution < -0.4 is 9.47 Å². The van der Waals surface area contributed by atoms with Crippen LogP contribution in [0, 0.1) is 17.1 Å². The van der Waals surface area contributed by atoms with Gasteiger partial charge < -0.3 is 9.47 Å². The standard InChI is InChI=1S/C12H12FNO2/c1-15-9-4-3-8(10(13)11(9)16-2)12(7-14)5-6-12/h3-4H,5-6H2,1-2H3. The minimum absolute atomic E-state index is 0.0709. The van der Waals surface area contributed by atoms with Crippen LogP contribution in [0.1, 0.15) is 18.4 Å². The first kappa shape index (κ1) is 10.7. The number of hydrogen-bond donors (Lipinski definition) is 0. The van der Waals surface area contributed by atoms with Gasteiger partial charge in [-0.1, -0.05) is 6.07 Å². The monoisotopic (exact) mass is 221 g/mol. The third-order valence-electron chi connectivity index (χ3n) is 2.96. The molecule has 0 saturated heterocycles. The van der Waals surface area contributed by atoms with E-state index in [1.165, 1.54) is 14.2 Å². The SMILES string of the molecule is COc1ccc(C2(C#N)CC2)c(F)c1OC. The number of nitrogens with zero attached hydrogens (tertiary/aromatic N) is 1. The minimum atomic E-state index is -0.649. The molecule has 1 aromatic rings. The summed E-state index contributed by atoms with van der Waals surface area (Å²) in [6, 6.07) is 5.40. The smallest absolute Gasteiger partial charge is 0.197 e. The van der Waals surface area contributed by atoms with E-state index in [9.17, 15) is 4.39 Å². The maximum atomic E-state index is 14.1. The molecule has 16 heavy (non-hydrogen) atoms. The van der Waals surface area contributed by atoms with Gasteiger partial charge in [0.2, 0.25) is 0 Å². The van der Waals surface area contributed by atoms with Gasteiger partial charge in [0.25, 0.3) is 0 Å². The Bertz CT molecular complexity index is 461. The second-order valence-electron chi connectivity index (χ2n) is 3.86. The van der Waals surface area contributed by atoms with Crippen molar-refractivity contribution in [1.29, 1.82) is 5.26 Å². The minimum Gasteiger partial charge on any atom is -0.493 e. The largest absolute Gasteiger partial charge is 0.493 e. The van der Waals surface area contributed by atoms with Gasteiger partial charge in [-0.15, -0.1) is 0 Å². The summed E-state index contributed by atoms with van der Waals surface area (Å²) in [5.74, 6) is -0.0695. The Morgan fingerprint density at radius 2 is 2.00 bits per heavy atom. The fourth-order valence-corrected chi connectivity index (χ4v) is 1.83. The second kappa shape index (κ2) is 3.67. The maximum Gasteiger partial charge on any atom is 0.197 e. The molecule has 1 aliphatic carbocycles. The number of ether oxygens (including phenoxy) is 2. The molecular formula is C12H12FNO2. The highest BCUT2D eigenvalue weighted by Gasteiger charge is 2.47. The number of methoxy groups -OCH3 is 2. The lowest BCUT2D eigenvalue weighted by Crippen LogP contribution is -2.07. The van der Waals surface area contributed by atoms with Crippen molar-refractivity contribution in [2.45, 2.75) is 18.3 Å². The van der Waals surface area contributed by atoms with Crippen LogP contribution in [-0.4, -0.2) is 14.2 Å². The van der Waals surface area contributed by atoms with E-state index in [4.69, 9.17) is 14.7 Å². The van der Waals surface area contributed by atoms with E-state index in [1.54, 1.807) is 12.1 Å². The maximum absolute atomic E-state index is 14.1. The number of nitriles is 1. The molecule has 1 aromatic carbocycles. The Hall–Kier alpha value is -1.76. The van der Waals surface area contributed by atoms with Crippen molar-refractivity contribution >= 4 is 0 Å². The van der Waals surface area contributed by atoms with E-state index in [0.717, 1.165) is 0 Å². The van der Waals surface area contributed by atoms with Crippen molar-refractivity contribution in [1.82, 2.24) is 0 Å². The number of hydrogen-bond acceptors (Lipinski definition) is 3. The Morgan fingerprint density at radius 3 is 2.44 bits per heavy atom. The Labute approximate surface area is 93.4 Å². The average molecular weight is 221 g/mol. The topological polar surface area (TPSA) is 42.2 Å². The van der Waals surface area contributed by atoms with Crippen LogP contribution in [0.15, 0.2) is 12.1 Å². The fraction of sp³-hybridized carbons (Fsp3) is 0.417. The molecule has 1 saturated carbocycles. The molecule has 1 fully saturated rings. The van der Waals surface area contributed by atoms with Gasteiger partial charge in [0, 0.05) is 5.56 Å². The molecule has 0 heterocycles. The molecule has 0 aromatic heterocycles. The van der Waals surface area contributed by atoms with Crippen LogP contribution in [0.4, 0.5) is 4.39 Å². The van der Waals surface area contributed by atoms with Gasteiger partial charge in [0.15, 0.2) is 17.3 Å². The molecular weight excluding hydrogens is 209 g/mol. The van der Waals surface area contributed by atoms with Crippen molar-refractivity contribution in [3.63, 3.8) is 0 Å². The van der Waals surface area contributed by atoms with Gasteiger partial charge in [-0.25, -0.2) is 4.39 Å². The second-order valence-corrected chi connectivity index (χ2v) is 3.86. The third-order valence-corrected chi connectivity index (χ3v) is 2.96. The molecule has 2 rings (SSSR count). The Morgan fingerprint density at radius 1 is 1.31 bits per heavy atom. The average Bonchev–Trinajstić information content (AvgIpc) is 3.09. The summed E-state index contributed by atoms with van der Waals surface area (Å²) in [4.78, 5) is 0. The van der Waals surface area contributed by atoms with E-state index in [0.29, 0.717) is 24.2 Å². The first-order chi connectivity index (χ1) is 7.68. The van der Waals surface area contributed by atoms with E-state index in [-0.39, 0.29) is 5.75 Å². The highest BCUT2D eigenvalue weighted by molar-refractivity contribution is 5.50. The van der Waals surface area contributed by atoms with Crippen molar-refractivity contribution in [2.75, 3.05) is 14.2 Å². The Balaban J connectivity index is 2.54. The van der Waals surface area contributed by atoms with Crippen molar-refractivity contribution in [3.8, 4) is 17.6 Å². The van der Waals surface area contributed by atoms with Crippen molar-refractivity contribution in [2.24, 2.45) is 0 Å². The zero-order chi connectivity index (χ0) is 11.8. The van der Waals surface area contributed by atoms with Gasteiger partial charge in [-0.2, -0.15) is 5.26 Å². The Kier molecular flexibility index (Phi) is 2.47. The molecule has 84 valence electrons. The fourth-order valence-electron chi connectivity index (χ4n) is 1.83. The molecule has 1 aliphatic rings. The molecule has 4 heteroatoms. The number of benzene rings is 1. The summed E-state index contributed by atoms with van der Waals surface area (Å²) < 4.78 is 24.0. The van der Waals surface area contributed by atoms with Crippen LogP contribution in [-0.2, 0) is 5.41 Å². The van der Waals surface area contributed by atoms with Crippen LogP contribution in [0.3, 0.4) is 0 Å². The van der Waals surface area contributed by atoms with Gasteiger partial charge >= 0.3 is 0 Å². The summed E-state index contributed by atoms with van der Waals surface area (Å²) in [5.41, 5.74) is -0.239.